The first-order chi connectivity index (χ1) is 7.80. The van der Waals surface area contributed by atoms with Crippen molar-refractivity contribution in [2.24, 2.45) is 5.41 Å². The summed E-state index contributed by atoms with van der Waals surface area (Å²) in [5.41, 5.74) is 0.900. The Balaban J connectivity index is 2.53. The monoisotopic (exact) mass is 237 g/mol. The van der Waals surface area contributed by atoms with Gasteiger partial charge in [0.15, 0.2) is 0 Å². The molecule has 0 aromatic heterocycles. The van der Waals surface area contributed by atoms with Crippen LogP contribution in [0.25, 0.3) is 0 Å². The van der Waals surface area contributed by atoms with E-state index in [1.54, 1.807) is 12.1 Å². The predicted molar refractivity (Wildman–Crippen MR) is 70.0 cm³/mol. The van der Waals surface area contributed by atoms with E-state index in [2.05, 4.69) is 5.32 Å². The van der Waals surface area contributed by atoms with E-state index in [1.807, 2.05) is 39.8 Å². The van der Waals surface area contributed by atoms with E-state index in [1.165, 1.54) is 0 Å². The highest BCUT2D eigenvalue weighted by atomic mass is 16.3. The summed E-state index contributed by atoms with van der Waals surface area (Å²) < 4.78 is 0. The van der Waals surface area contributed by atoms with Crippen molar-refractivity contribution in [1.29, 1.82) is 0 Å². The van der Waals surface area contributed by atoms with Crippen LogP contribution < -0.4 is 5.32 Å². The third-order valence-corrected chi connectivity index (χ3v) is 2.99. The Labute approximate surface area is 103 Å². The maximum Gasteiger partial charge on any atom is 0.115 e. The minimum absolute atomic E-state index is 0.110. The molecule has 0 spiro atoms. The molecule has 3 nitrogen and oxygen atoms in total. The third kappa shape index (κ3) is 4.36. The number of aliphatic hydroxyl groups is 1. The Morgan fingerprint density at radius 1 is 1.29 bits per heavy atom. The molecule has 0 bridgehead atoms. The number of nitrogens with one attached hydrogen (secondary N) is 1. The Hall–Kier alpha value is -1.06. The summed E-state index contributed by atoms with van der Waals surface area (Å²) in [4.78, 5) is 0. The normalized spacial score (nSPS) is 15.6. The quantitative estimate of drug-likeness (QED) is 0.754. The van der Waals surface area contributed by atoms with Crippen LogP contribution >= 0.6 is 0 Å². The highest BCUT2D eigenvalue weighted by Gasteiger charge is 2.22. The van der Waals surface area contributed by atoms with Gasteiger partial charge in [-0.25, -0.2) is 0 Å². The Kier molecular flexibility index (Phi) is 4.54. The molecule has 0 unspecified atom stereocenters. The largest absolute Gasteiger partial charge is 0.508 e. The zero-order chi connectivity index (χ0) is 13.1. The summed E-state index contributed by atoms with van der Waals surface area (Å²) in [6, 6.07) is 7.28. The fourth-order valence-electron chi connectivity index (χ4n) is 1.51. The van der Waals surface area contributed by atoms with Crippen molar-refractivity contribution in [2.45, 2.75) is 39.8 Å². The zero-order valence-corrected chi connectivity index (χ0v) is 11.1. The van der Waals surface area contributed by atoms with Crippen molar-refractivity contribution in [3.8, 4) is 5.75 Å². The zero-order valence-electron chi connectivity index (χ0n) is 11.1. The van der Waals surface area contributed by atoms with Crippen molar-refractivity contribution in [2.75, 3.05) is 6.54 Å². The minimum Gasteiger partial charge on any atom is -0.508 e. The van der Waals surface area contributed by atoms with E-state index in [0.29, 0.717) is 6.54 Å². The average Bonchev–Trinajstić information content (AvgIpc) is 2.24. The van der Waals surface area contributed by atoms with E-state index in [4.69, 9.17) is 0 Å². The summed E-state index contributed by atoms with van der Waals surface area (Å²) in [5.74, 6) is 0.271. The predicted octanol–water partition coefficient (Wildman–Crippen LogP) is 2.45. The van der Waals surface area contributed by atoms with Gasteiger partial charge in [-0.05, 0) is 30.0 Å². The van der Waals surface area contributed by atoms with Crippen molar-refractivity contribution >= 4 is 0 Å². The van der Waals surface area contributed by atoms with Gasteiger partial charge in [-0.1, -0.05) is 32.9 Å². The molecular formula is C14H23NO2. The van der Waals surface area contributed by atoms with Gasteiger partial charge in [0.25, 0.3) is 0 Å². The SMILES string of the molecule is C[C@H](NC[C@@H](O)C(C)(C)C)c1cccc(O)c1. The number of aliphatic hydroxyl groups excluding tert-OH is 1. The molecule has 0 aliphatic rings. The lowest BCUT2D eigenvalue weighted by Crippen LogP contribution is -2.37. The molecule has 0 amide bonds. The van der Waals surface area contributed by atoms with Crippen LogP contribution in [0.3, 0.4) is 0 Å². The van der Waals surface area contributed by atoms with Gasteiger partial charge in [0, 0.05) is 12.6 Å². The molecule has 0 aliphatic heterocycles. The van der Waals surface area contributed by atoms with E-state index in [-0.39, 0.29) is 23.3 Å². The second-order valence-electron chi connectivity index (χ2n) is 5.61. The molecule has 0 saturated heterocycles. The average molecular weight is 237 g/mol. The molecule has 2 atom stereocenters. The van der Waals surface area contributed by atoms with Crippen LogP contribution in [0, 0.1) is 5.41 Å². The van der Waals surface area contributed by atoms with Crippen LogP contribution in [0.1, 0.15) is 39.3 Å². The maximum atomic E-state index is 9.92. The number of aromatic hydroxyl groups is 1. The van der Waals surface area contributed by atoms with Crippen molar-refractivity contribution in [3.05, 3.63) is 29.8 Å². The molecule has 0 heterocycles. The number of rotatable bonds is 4. The molecule has 1 rings (SSSR count). The lowest BCUT2D eigenvalue weighted by atomic mass is 9.89. The smallest absolute Gasteiger partial charge is 0.115 e. The van der Waals surface area contributed by atoms with E-state index < -0.39 is 0 Å². The Bertz CT molecular complexity index is 357. The molecule has 17 heavy (non-hydrogen) atoms. The number of hydrogen-bond acceptors (Lipinski definition) is 3. The van der Waals surface area contributed by atoms with Gasteiger partial charge >= 0.3 is 0 Å². The van der Waals surface area contributed by atoms with Gasteiger partial charge in [-0.15, -0.1) is 0 Å². The first kappa shape index (κ1) is 14.0. The van der Waals surface area contributed by atoms with Crippen molar-refractivity contribution in [3.63, 3.8) is 0 Å². The molecule has 96 valence electrons. The number of benzene rings is 1. The number of phenols is 1. The fourth-order valence-corrected chi connectivity index (χ4v) is 1.51. The maximum absolute atomic E-state index is 9.92. The van der Waals surface area contributed by atoms with E-state index >= 15 is 0 Å². The molecule has 0 radical (unpaired) electrons. The highest BCUT2D eigenvalue weighted by molar-refractivity contribution is 5.28. The van der Waals surface area contributed by atoms with Gasteiger partial charge in [0.05, 0.1) is 6.10 Å². The number of hydrogen-bond donors (Lipinski definition) is 3. The van der Waals surface area contributed by atoms with E-state index in [0.717, 1.165) is 5.56 Å². The minimum atomic E-state index is -0.387. The third-order valence-electron chi connectivity index (χ3n) is 2.99. The molecule has 1 aromatic carbocycles. The van der Waals surface area contributed by atoms with Crippen LogP contribution in [0.5, 0.6) is 5.75 Å². The summed E-state index contributed by atoms with van der Waals surface area (Å²) in [6.07, 6.45) is -0.387. The summed E-state index contributed by atoms with van der Waals surface area (Å²) in [6.45, 7) is 8.60. The molecule has 3 heteroatoms. The van der Waals surface area contributed by atoms with Crippen LogP contribution in [0.2, 0.25) is 0 Å². The highest BCUT2D eigenvalue weighted by Crippen LogP contribution is 2.21. The Morgan fingerprint density at radius 3 is 2.47 bits per heavy atom. The van der Waals surface area contributed by atoms with Crippen molar-refractivity contribution < 1.29 is 10.2 Å². The molecule has 0 fully saturated rings. The summed E-state index contributed by atoms with van der Waals surface area (Å²) in [7, 11) is 0. The second-order valence-corrected chi connectivity index (χ2v) is 5.61. The van der Waals surface area contributed by atoms with E-state index in [9.17, 15) is 10.2 Å². The lowest BCUT2D eigenvalue weighted by Gasteiger charge is -2.27. The molecule has 0 aliphatic carbocycles. The summed E-state index contributed by atoms with van der Waals surface area (Å²) >= 11 is 0. The van der Waals surface area contributed by atoms with Gasteiger partial charge in [0.1, 0.15) is 5.75 Å². The first-order valence-electron chi connectivity index (χ1n) is 6.01. The van der Waals surface area contributed by atoms with Gasteiger partial charge in [0.2, 0.25) is 0 Å². The van der Waals surface area contributed by atoms with Crippen molar-refractivity contribution in [1.82, 2.24) is 5.32 Å². The summed E-state index contributed by atoms with van der Waals surface area (Å²) in [5, 5.41) is 22.6. The standard InChI is InChI=1S/C14H23NO2/c1-10(11-6-5-7-12(16)8-11)15-9-13(17)14(2,3)4/h5-8,10,13,15-17H,9H2,1-4H3/t10-,13+/m0/s1. The Morgan fingerprint density at radius 2 is 1.94 bits per heavy atom. The fraction of sp³-hybridized carbons (Fsp3) is 0.571. The number of phenolic OH excluding ortho intramolecular Hbond substituents is 1. The van der Waals surface area contributed by atoms with Gasteiger partial charge in [-0.2, -0.15) is 0 Å². The first-order valence-corrected chi connectivity index (χ1v) is 6.01. The lowest BCUT2D eigenvalue weighted by molar-refractivity contribution is 0.0609. The van der Waals surface area contributed by atoms with Gasteiger partial charge < -0.3 is 15.5 Å². The molecule has 1 aromatic rings. The molecular weight excluding hydrogens is 214 g/mol. The molecule has 3 N–H and O–H groups in total. The van der Waals surface area contributed by atoms with Crippen LogP contribution in [0.4, 0.5) is 0 Å². The van der Waals surface area contributed by atoms with Crippen LogP contribution in [0.15, 0.2) is 24.3 Å². The van der Waals surface area contributed by atoms with Crippen LogP contribution in [-0.2, 0) is 0 Å². The van der Waals surface area contributed by atoms with Crippen LogP contribution in [-0.4, -0.2) is 22.9 Å². The van der Waals surface area contributed by atoms with Gasteiger partial charge in [-0.3, -0.25) is 0 Å². The molecule has 0 saturated carbocycles. The topological polar surface area (TPSA) is 52.5 Å². The second kappa shape index (κ2) is 5.52.